The van der Waals surface area contributed by atoms with E-state index in [1.165, 1.54) is 7.11 Å². The van der Waals surface area contributed by atoms with E-state index in [1.54, 1.807) is 23.1 Å². The normalized spacial score (nSPS) is 14.1. The van der Waals surface area contributed by atoms with Crippen LogP contribution in [0.15, 0.2) is 18.2 Å². The molecule has 2 rings (SSSR count). The number of hydrogen-bond acceptors (Lipinski definition) is 4. The molecule has 0 spiro atoms. The molecule has 1 amide bonds. The van der Waals surface area contributed by atoms with Crippen LogP contribution in [-0.4, -0.2) is 40.3 Å². The first-order chi connectivity index (χ1) is 9.96. The van der Waals surface area contributed by atoms with Gasteiger partial charge in [0.25, 0.3) is 5.91 Å². The summed E-state index contributed by atoms with van der Waals surface area (Å²) in [5.74, 6) is 0.0123. The van der Waals surface area contributed by atoms with Crippen LogP contribution in [0.2, 0.25) is 0 Å². The molecular weight excluding hydrogens is 292 g/mol. The highest BCUT2D eigenvalue weighted by atomic mass is 32.2. The first-order valence-corrected chi connectivity index (χ1v) is 8.55. The predicted molar refractivity (Wildman–Crippen MR) is 82.1 cm³/mol. The molecule has 1 N–H and O–H groups in total. The number of benzene rings is 1. The molecule has 1 aliphatic rings. The quantitative estimate of drug-likeness (QED) is 0.861. The number of fused-ring (bicyclic) bond motifs is 1. The number of ether oxygens (including phenoxy) is 1. The highest BCUT2D eigenvalue weighted by molar-refractivity contribution is 7.92. The molecule has 0 saturated heterocycles. The van der Waals surface area contributed by atoms with Gasteiger partial charge >= 0.3 is 0 Å². The van der Waals surface area contributed by atoms with Crippen molar-refractivity contribution in [2.24, 2.45) is 0 Å². The molecule has 0 bridgehead atoms. The Balaban J connectivity index is 2.17. The average molecular weight is 312 g/mol. The van der Waals surface area contributed by atoms with E-state index in [9.17, 15) is 13.2 Å². The van der Waals surface area contributed by atoms with E-state index < -0.39 is 10.0 Å². The van der Waals surface area contributed by atoms with Crippen LogP contribution in [0.4, 0.5) is 11.4 Å². The van der Waals surface area contributed by atoms with Crippen molar-refractivity contribution in [3.05, 3.63) is 23.8 Å². The maximum atomic E-state index is 11.9. The molecule has 21 heavy (non-hydrogen) atoms. The number of hydrogen-bond donors (Lipinski definition) is 1. The Bertz CT molecular complexity index is 628. The standard InChI is InChI=1S/C14H20N2O4S/c1-3-8-21(18,19)15-12-4-5-13-11(9-12)6-7-16(13)14(17)10-20-2/h4-5,9,15H,3,6-8,10H2,1-2H3. The van der Waals surface area contributed by atoms with E-state index in [2.05, 4.69) is 4.72 Å². The van der Waals surface area contributed by atoms with Gasteiger partial charge in [0.05, 0.1) is 5.75 Å². The van der Waals surface area contributed by atoms with E-state index >= 15 is 0 Å². The lowest BCUT2D eigenvalue weighted by Gasteiger charge is -2.17. The second-order valence-corrected chi connectivity index (χ2v) is 6.83. The van der Waals surface area contributed by atoms with Crippen molar-refractivity contribution >= 4 is 27.3 Å². The summed E-state index contributed by atoms with van der Waals surface area (Å²) in [6.45, 7) is 2.47. The summed E-state index contributed by atoms with van der Waals surface area (Å²) in [6.07, 6.45) is 1.29. The molecule has 0 unspecified atom stereocenters. The van der Waals surface area contributed by atoms with Gasteiger partial charge in [-0.25, -0.2) is 8.42 Å². The monoisotopic (exact) mass is 312 g/mol. The van der Waals surface area contributed by atoms with Crippen molar-refractivity contribution in [3.63, 3.8) is 0 Å². The van der Waals surface area contributed by atoms with Gasteiger partial charge < -0.3 is 9.64 Å². The molecular formula is C14H20N2O4S. The molecule has 0 aromatic heterocycles. The first-order valence-electron chi connectivity index (χ1n) is 6.89. The number of nitrogens with zero attached hydrogens (tertiary/aromatic N) is 1. The fraction of sp³-hybridized carbons (Fsp3) is 0.500. The summed E-state index contributed by atoms with van der Waals surface area (Å²) in [5, 5.41) is 0. The largest absolute Gasteiger partial charge is 0.375 e. The maximum Gasteiger partial charge on any atom is 0.252 e. The smallest absolute Gasteiger partial charge is 0.252 e. The van der Waals surface area contributed by atoms with E-state index in [0.29, 0.717) is 25.1 Å². The number of carbonyl (C=O) groups is 1. The lowest BCUT2D eigenvalue weighted by molar-refractivity contribution is -0.122. The molecule has 7 heteroatoms. The van der Waals surface area contributed by atoms with E-state index in [4.69, 9.17) is 4.74 Å². The van der Waals surface area contributed by atoms with Gasteiger partial charge in [-0.1, -0.05) is 6.92 Å². The van der Waals surface area contributed by atoms with Crippen molar-refractivity contribution in [2.75, 3.05) is 35.6 Å². The van der Waals surface area contributed by atoms with Gasteiger partial charge in [0.15, 0.2) is 0 Å². The van der Waals surface area contributed by atoms with E-state index in [1.807, 2.05) is 6.92 Å². The van der Waals surface area contributed by atoms with Crippen molar-refractivity contribution in [1.82, 2.24) is 0 Å². The number of methoxy groups -OCH3 is 1. The molecule has 1 aromatic rings. The number of amides is 1. The zero-order valence-corrected chi connectivity index (χ0v) is 13.1. The zero-order valence-electron chi connectivity index (χ0n) is 12.3. The Hall–Kier alpha value is -1.60. The minimum Gasteiger partial charge on any atom is -0.375 e. The lowest BCUT2D eigenvalue weighted by Crippen LogP contribution is -2.31. The Labute approximate surface area is 125 Å². The van der Waals surface area contributed by atoms with Gasteiger partial charge in [-0.05, 0) is 36.6 Å². The van der Waals surface area contributed by atoms with Crippen LogP contribution in [0, 0.1) is 0 Å². The van der Waals surface area contributed by atoms with Gasteiger partial charge in [0.2, 0.25) is 10.0 Å². The molecule has 0 radical (unpaired) electrons. The van der Waals surface area contributed by atoms with Crippen LogP contribution in [0.5, 0.6) is 0 Å². The number of carbonyl (C=O) groups excluding carboxylic acids is 1. The Morgan fingerprint density at radius 1 is 1.43 bits per heavy atom. The highest BCUT2D eigenvalue weighted by Gasteiger charge is 2.24. The highest BCUT2D eigenvalue weighted by Crippen LogP contribution is 2.30. The van der Waals surface area contributed by atoms with Gasteiger partial charge in [-0.15, -0.1) is 0 Å². The van der Waals surface area contributed by atoms with Crippen molar-refractivity contribution in [1.29, 1.82) is 0 Å². The second kappa shape index (κ2) is 6.44. The fourth-order valence-corrected chi connectivity index (χ4v) is 3.55. The van der Waals surface area contributed by atoms with Crippen LogP contribution in [0.3, 0.4) is 0 Å². The molecule has 6 nitrogen and oxygen atoms in total. The molecule has 0 fully saturated rings. The average Bonchev–Trinajstić information content (AvgIpc) is 2.81. The third-order valence-electron chi connectivity index (χ3n) is 3.29. The molecule has 0 aliphatic carbocycles. The van der Waals surface area contributed by atoms with Crippen LogP contribution < -0.4 is 9.62 Å². The summed E-state index contributed by atoms with van der Waals surface area (Å²) in [6, 6.07) is 5.26. The van der Waals surface area contributed by atoms with E-state index in [0.717, 1.165) is 11.3 Å². The van der Waals surface area contributed by atoms with Crippen LogP contribution >= 0.6 is 0 Å². The number of rotatable bonds is 6. The molecule has 1 aliphatic heterocycles. The van der Waals surface area contributed by atoms with Crippen LogP contribution in [0.25, 0.3) is 0 Å². The summed E-state index contributed by atoms with van der Waals surface area (Å²) < 4.78 is 31.0. The van der Waals surface area contributed by atoms with Crippen molar-refractivity contribution < 1.29 is 17.9 Å². The van der Waals surface area contributed by atoms with Crippen LogP contribution in [-0.2, 0) is 26.0 Å². The summed E-state index contributed by atoms with van der Waals surface area (Å²) in [4.78, 5) is 13.6. The molecule has 0 saturated carbocycles. The van der Waals surface area contributed by atoms with Crippen molar-refractivity contribution in [3.8, 4) is 0 Å². The minimum atomic E-state index is -3.29. The minimum absolute atomic E-state index is 0.0460. The zero-order chi connectivity index (χ0) is 15.5. The van der Waals surface area contributed by atoms with Crippen molar-refractivity contribution in [2.45, 2.75) is 19.8 Å². The number of nitrogens with one attached hydrogen (secondary N) is 1. The lowest BCUT2D eigenvalue weighted by atomic mass is 10.1. The Morgan fingerprint density at radius 2 is 2.19 bits per heavy atom. The topological polar surface area (TPSA) is 75.7 Å². The van der Waals surface area contributed by atoms with Crippen LogP contribution in [0.1, 0.15) is 18.9 Å². The maximum absolute atomic E-state index is 11.9. The second-order valence-electron chi connectivity index (χ2n) is 4.99. The molecule has 116 valence electrons. The van der Waals surface area contributed by atoms with Gasteiger partial charge in [0.1, 0.15) is 6.61 Å². The third-order valence-corrected chi connectivity index (χ3v) is 4.78. The number of sulfonamides is 1. The fourth-order valence-electron chi connectivity index (χ4n) is 2.43. The van der Waals surface area contributed by atoms with E-state index in [-0.39, 0.29) is 18.3 Å². The van der Waals surface area contributed by atoms with Gasteiger partial charge in [-0.3, -0.25) is 9.52 Å². The van der Waals surface area contributed by atoms with Gasteiger partial charge in [0, 0.05) is 25.0 Å². The third kappa shape index (κ3) is 3.74. The van der Waals surface area contributed by atoms with Gasteiger partial charge in [-0.2, -0.15) is 0 Å². The first kappa shape index (κ1) is 15.8. The molecule has 1 aromatic carbocycles. The predicted octanol–water partition coefficient (Wildman–Crippen LogP) is 1.37. The summed E-state index contributed by atoms with van der Waals surface area (Å²) >= 11 is 0. The summed E-state index contributed by atoms with van der Waals surface area (Å²) in [5.41, 5.74) is 2.34. The molecule has 1 heterocycles. The SMILES string of the molecule is CCCS(=O)(=O)Nc1ccc2c(c1)CCN2C(=O)COC. The summed E-state index contributed by atoms with van der Waals surface area (Å²) in [7, 11) is -1.80. The molecule has 0 atom stereocenters. The number of anilines is 2. The Kier molecular flexibility index (Phi) is 4.84. The Morgan fingerprint density at radius 3 is 2.86 bits per heavy atom.